The summed E-state index contributed by atoms with van der Waals surface area (Å²) in [6.07, 6.45) is 2.92. The molecule has 4 aromatic rings. The number of nitrogens with zero attached hydrogens (tertiary/aromatic N) is 3. The maximum absolute atomic E-state index is 6.18. The Balaban J connectivity index is 1.67. The standard InChI is InChI=1S/C25H27ClN4O3S2/c1-15-9-12-21(33-15)24-27-28-25(30(24)23-19(31-3)7-6-8-20(23)32-4)29-35-16(2)13-17-10-11-18(26)14-22(17)34-5/h6-12,14,16H,13H2,1-5H3,(H,28,29). The van der Waals surface area contributed by atoms with Crippen LogP contribution >= 0.6 is 35.3 Å². The molecule has 0 aliphatic heterocycles. The Hall–Kier alpha value is -2.75. The number of halogens is 1. The molecule has 1 atom stereocenters. The van der Waals surface area contributed by atoms with Crippen molar-refractivity contribution in [3.63, 3.8) is 0 Å². The summed E-state index contributed by atoms with van der Waals surface area (Å²) in [5.74, 6) is 3.71. The van der Waals surface area contributed by atoms with Crippen molar-refractivity contribution in [1.82, 2.24) is 14.8 Å². The van der Waals surface area contributed by atoms with Crippen molar-refractivity contribution in [2.75, 3.05) is 25.2 Å². The number of benzene rings is 2. The molecule has 0 amide bonds. The van der Waals surface area contributed by atoms with Crippen LogP contribution in [0.2, 0.25) is 5.02 Å². The van der Waals surface area contributed by atoms with E-state index in [9.17, 15) is 0 Å². The molecule has 0 spiro atoms. The number of para-hydroxylation sites is 1. The second-order valence-electron chi connectivity index (χ2n) is 7.79. The highest BCUT2D eigenvalue weighted by Crippen LogP contribution is 2.38. The van der Waals surface area contributed by atoms with Gasteiger partial charge in [0, 0.05) is 15.2 Å². The fourth-order valence-electron chi connectivity index (χ4n) is 3.72. The van der Waals surface area contributed by atoms with Gasteiger partial charge in [0.05, 0.1) is 14.2 Å². The first kappa shape index (κ1) is 25.3. The van der Waals surface area contributed by atoms with E-state index in [4.69, 9.17) is 25.5 Å². The van der Waals surface area contributed by atoms with Crippen LogP contribution in [0.1, 0.15) is 18.2 Å². The van der Waals surface area contributed by atoms with Crippen molar-refractivity contribution in [2.45, 2.75) is 30.4 Å². The van der Waals surface area contributed by atoms with E-state index >= 15 is 0 Å². The molecule has 184 valence electrons. The average Bonchev–Trinajstić information content (AvgIpc) is 3.48. The fraction of sp³-hybridized carbons (Fsp3) is 0.280. The average molecular weight is 531 g/mol. The summed E-state index contributed by atoms with van der Waals surface area (Å²) >= 11 is 9.44. The number of rotatable bonds is 10. The molecule has 10 heteroatoms. The van der Waals surface area contributed by atoms with Gasteiger partial charge in [-0.2, -0.15) is 0 Å². The van der Waals surface area contributed by atoms with Gasteiger partial charge in [0.15, 0.2) is 5.76 Å². The summed E-state index contributed by atoms with van der Waals surface area (Å²) in [6, 6.07) is 15.4. The minimum absolute atomic E-state index is 0.237. The van der Waals surface area contributed by atoms with E-state index in [1.807, 2.05) is 54.0 Å². The molecule has 0 bridgehead atoms. The largest absolute Gasteiger partial charge is 0.494 e. The number of ether oxygens (including phenoxy) is 2. The number of hydrogen-bond donors (Lipinski definition) is 1. The third kappa shape index (κ3) is 5.58. The minimum atomic E-state index is 0.237. The molecule has 0 aliphatic rings. The lowest BCUT2D eigenvalue weighted by molar-refractivity contribution is 0.391. The van der Waals surface area contributed by atoms with E-state index in [-0.39, 0.29) is 5.25 Å². The molecule has 2 heterocycles. The van der Waals surface area contributed by atoms with Crippen LogP contribution in [0.4, 0.5) is 5.95 Å². The first-order valence-corrected chi connectivity index (χ1v) is 13.4. The quantitative estimate of drug-likeness (QED) is 0.175. The first-order valence-electron chi connectivity index (χ1n) is 10.9. The van der Waals surface area contributed by atoms with Crippen molar-refractivity contribution in [3.05, 3.63) is 64.9 Å². The number of hydrogen-bond acceptors (Lipinski definition) is 8. The van der Waals surface area contributed by atoms with Crippen molar-refractivity contribution >= 4 is 41.3 Å². The lowest BCUT2D eigenvalue weighted by Crippen LogP contribution is -2.10. The van der Waals surface area contributed by atoms with E-state index < -0.39 is 0 Å². The molecule has 0 fully saturated rings. The van der Waals surface area contributed by atoms with Crippen LogP contribution in [-0.4, -0.2) is 40.5 Å². The van der Waals surface area contributed by atoms with Crippen LogP contribution in [0.15, 0.2) is 57.8 Å². The van der Waals surface area contributed by atoms with Crippen LogP contribution in [-0.2, 0) is 6.42 Å². The van der Waals surface area contributed by atoms with E-state index in [0.717, 1.165) is 17.2 Å². The predicted octanol–water partition coefficient (Wildman–Crippen LogP) is 6.92. The zero-order valence-electron chi connectivity index (χ0n) is 20.2. The van der Waals surface area contributed by atoms with E-state index in [1.54, 1.807) is 37.9 Å². The Kier molecular flexibility index (Phi) is 8.20. The van der Waals surface area contributed by atoms with E-state index in [2.05, 4.69) is 34.2 Å². The Morgan fingerprint density at radius 2 is 1.83 bits per heavy atom. The minimum Gasteiger partial charge on any atom is -0.494 e. The van der Waals surface area contributed by atoms with Gasteiger partial charge in [0.2, 0.25) is 11.8 Å². The number of methoxy groups -OCH3 is 2. The summed E-state index contributed by atoms with van der Waals surface area (Å²) in [5.41, 5.74) is 1.94. The molecule has 1 unspecified atom stereocenters. The molecule has 0 saturated carbocycles. The first-order chi connectivity index (χ1) is 16.9. The Labute approximate surface area is 218 Å². The van der Waals surface area contributed by atoms with Gasteiger partial charge in [-0.25, -0.2) is 0 Å². The third-order valence-electron chi connectivity index (χ3n) is 5.36. The highest BCUT2D eigenvalue weighted by Gasteiger charge is 2.24. The Morgan fingerprint density at radius 3 is 2.46 bits per heavy atom. The molecule has 7 nitrogen and oxygen atoms in total. The normalized spacial score (nSPS) is 11.9. The summed E-state index contributed by atoms with van der Waals surface area (Å²) in [6.45, 7) is 4.06. The van der Waals surface area contributed by atoms with Gasteiger partial charge in [-0.15, -0.1) is 22.0 Å². The molecule has 0 saturated heterocycles. The number of furan rings is 1. The van der Waals surface area contributed by atoms with Gasteiger partial charge in [-0.05, 0) is 73.5 Å². The highest BCUT2D eigenvalue weighted by atomic mass is 35.5. The van der Waals surface area contributed by atoms with Gasteiger partial charge < -0.3 is 13.9 Å². The third-order valence-corrected chi connectivity index (χ3v) is 7.28. The molecule has 1 N–H and O–H groups in total. The Morgan fingerprint density at radius 1 is 1.09 bits per heavy atom. The molecular formula is C25H27ClN4O3S2. The van der Waals surface area contributed by atoms with Crippen molar-refractivity contribution in [2.24, 2.45) is 0 Å². The summed E-state index contributed by atoms with van der Waals surface area (Å²) in [4.78, 5) is 1.18. The molecule has 2 aromatic carbocycles. The van der Waals surface area contributed by atoms with Crippen LogP contribution < -0.4 is 14.2 Å². The van der Waals surface area contributed by atoms with Crippen LogP contribution in [0.5, 0.6) is 11.5 Å². The summed E-state index contributed by atoms with van der Waals surface area (Å²) in [5, 5.41) is 9.87. The topological polar surface area (TPSA) is 74.3 Å². The zero-order valence-corrected chi connectivity index (χ0v) is 22.6. The second-order valence-corrected chi connectivity index (χ2v) is 10.3. The summed E-state index contributed by atoms with van der Waals surface area (Å²) < 4.78 is 22.5. The number of aryl methyl sites for hydroxylation is 1. The molecule has 0 aliphatic carbocycles. The molecular weight excluding hydrogens is 504 g/mol. The lowest BCUT2D eigenvalue weighted by atomic mass is 10.1. The highest BCUT2D eigenvalue weighted by molar-refractivity contribution is 8.01. The van der Waals surface area contributed by atoms with Crippen molar-refractivity contribution < 1.29 is 13.9 Å². The van der Waals surface area contributed by atoms with Gasteiger partial charge in [-0.3, -0.25) is 9.29 Å². The maximum atomic E-state index is 6.18. The molecule has 4 rings (SSSR count). The van der Waals surface area contributed by atoms with E-state index in [1.165, 1.54) is 10.5 Å². The van der Waals surface area contributed by atoms with Crippen molar-refractivity contribution in [3.8, 4) is 28.8 Å². The second kappa shape index (κ2) is 11.3. The van der Waals surface area contributed by atoms with Crippen LogP contribution in [0, 0.1) is 6.92 Å². The van der Waals surface area contributed by atoms with E-state index in [0.29, 0.717) is 34.7 Å². The Bertz CT molecular complexity index is 1290. The van der Waals surface area contributed by atoms with Gasteiger partial charge in [0.25, 0.3) is 0 Å². The van der Waals surface area contributed by atoms with Gasteiger partial charge in [-0.1, -0.05) is 30.7 Å². The van der Waals surface area contributed by atoms with Gasteiger partial charge >= 0.3 is 0 Å². The maximum Gasteiger partial charge on any atom is 0.239 e. The monoisotopic (exact) mass is 530 g/mol. The van der Waals surface area contributed by atoms with Crippen molar-refractivity contribution in [1.29, 1.82) is 0 Å². The predicted molar refractivity (Wildman–Crippen MR) is 145 cm³/mol. The number of thioether (sulfide) groups is 1. The SMILES string of the molecule is COc1cccc(OC)c1-n1c(NSC(C)Cc2ccc(Cl)cc2SC)nnc1-c1ccc(C)o1. The zero-order chi connectivity index (χ0) is 24.9. The fourth-order valence-corrected chi connectivity index (χ4v) is 5.32. The number of nitrogens with one attached hydrogen (secondary N) is 1. The van der Waals surface area contributed by atoms with Crippen LogP contribution in [0.3, 0.4) is 0 Å². The molecule has 0 radical (unpaired) electrons. The van der Waals surface area contributed by atoms with Gasteiger partial charge in [0.1, 0.15) is 22.9 Å². The summed E-state index contributed by atoms with van der Waals surface area (Å²) in [7, 11) is 3.25. The molecule has 2 aromatic heterocycles. The number of aromatic nitrogens is 3. The molecule has 35 heavy (non-hydrogen) atoms. The number of anilines is 1. The smallest absolute Gasteiger partial charge is 0.239 e. The van der Waals surface area contributed by atoms with Crippen LogP contribution in [0.25, 0.3) is 17.3 Å². The lowest BCUT2D eigenvalue weighted by Gasteiger charge is -2.18.